The van der Waals surface area contributed by atoms with Crippen molar-refractivity contribution in [2.45, 2.75) is 19.6 Å². The summed E-state index contributed by atoms with van der Waals surface area (Å²) < 4.78 is 186. The third kappa shape index (κ3) is 11.7. The van der Waals surface area contributed by atoms with Gasteiger partial charge in [0.15, 0.2) is 19.7 Å². The van der Waals surface area contributed by atoms with Gasteiger partial charge >= 0.3 is 20.8 Å². The molecule has 3 aromatic carbocycles. The van der Waals surface area contributed by atoms with Crippen LogP contribution in [-0.4, -0.2) is 93.4 Å². The largest absolute Gasteiger partial charge is 0.397 e. The average molecular weight is 853 g/mol. The van der Waals surface area contributed by atoms with Gasteiger partial charge in [-0.1, -0.05) is 0 Å². The molecule has 3 aromatic rings. The van der Waals surface area contributed by atoms with Crippen LogP contribution < -0.4 is 11.5 Å². The van der Waals surface area contributed by atoms with E-state index in [1.807, 2.05) is 0 Å². The molecule has 30 heteroatoms. The van der Waals surface area contributed by atoms with Gasteiger partial charge in [0, 0.05) is 0 Å². The van der Waals surface area contributed by atoms with Crippen molar-refractivity contribution < 1.29 is 77.1 Å². The summed E-state index contributed by atoms with van der Waals surface area (Å²) in [6, 6.07) is 6.95. The van der Waals surface area contributed by atoms with Crippen LogP contribution in [0.5, 0.6) is 0 Å². The highest BCUT2D eigenvalue weighted by atomic mass is 32.3. The van der Waals surface area contributed by atoms with E-state index in [1.165, 1.54) is 0 Å². The Hall–Kier alpha value is -4.08. The zero-order valence-corrected chi connectivity index (χ0v) is 30.2. The van der Waals surface area contributed by atoms with E-state index in [0.717, 1.165) is 42.5 Å². The van der Waals surface area contributed by atoms with Crippen molar-refractivity contribution in [3.63, 3.8) is 0 Å². The van der Waals surface area contributed by atoms with E-state index in [2.05, 4.69) is 28.8 Å². The molecule has 0 saturated carbocycles. The van der Waals surface area contributed by atoms with Gasteiger partial charge in [0.1, 0.15) is 26.9 Å². The number of sulfone groups is 2. The fourth-order valence-corrected chi connectivity index (χ4v) is 8.25. The van der Waals surface area contributed by atoms with Gasteiger partial charge in [-0.3, -0.25) is 18.2 Å². The molecule has 0 spiro atoms. The van der Waals surface area contributed by atoms with Gasteiger partial charge in [-0.05, 0) is 48.5 Å². The Morgan fingerprint density at radius 1 is 0.558 bits per heavy atom. The van der Waals surface area contributed by atoms with Gasteiger partial charge in [-0.15, -0.1) is 15.3 Å². The summed E-state index contributed by atoms with van der Waals surface area (Å²) in [6.07, 6.45) is 0. The Morgan fingerprint density at radius 3 is 1.52 bits per heavy atom. The molecule has 3 rings (SSSR count). The minimum absolute atomic E-state index is 0.0931. The Morgan fingerprint density at radius 2 is 1.04 bits per heavy atom. The molecule has 8 N–H and O–H groups in total. The van der Waals surface area contributed by atoms with Crippen molar-refractivity contribution in [1.82, 2.24) is 0 Å². The number of nitrogens with zero attached hydrogens (tertiary/aromatic N) is 4. The molecule has 286 valence electrons. The molecule has 0 saturated heterocycles. The van der Waals surface area contributed by atoms with Gasteiger partial charge in [-0.2, -0.15) is 38.8 Å². The summed E-state index contributed by atoms with van der Waals surface area (Å²) in [6.45, 7) is -1.96. The molecule has 52 heavy (non-hydrogen) atoms. The molecule has 0 unspecified atom stereocenters. The molecule has 0 aliphatic heterocycles. The highest BCUT2D eigenvalue weighted by Crippen LogP contribution is 2.43. The lowest BCUT2D eigenvalue weighted by atomic mass is 10.2. The Kier molecular flexibility index (Phi) is 12.6. The van der Waals surface area contributed by atoms with Crippen molar-refractivity contribution in [2.24, 2.45) is 20.5 Å². The second kappa shape index (κ2) is 15.5. The summed E-state index contributed by atoms with van der Waals surface area (Å²) in [7, 11) is -29.0. The lowest BCUT2D eigenvalue weighted by molar-refractivity contribution is 0.282. The molecule has 0 aliphatic carbocycles. The van der Waals surface area contributed by atoms with Crippen LogP contribution in [0, 0.1) is 0 Å². The molecular formula is C22H24N6O18S6. The highest BCUT2D eigenvalue weighted by Gasteiger charge is 2.26. The van der Waals surface area contributed by atoms with Crippen LogP contribution in [0.2, 0.25) is 0 Å². The van der Waals surface area contributed by atoms with Gasteiger partial charge in [0.25, 0.3) is 20.2 Å². The number of anilines is 2. The van der Waals surface area contributed by atoms with Crippen LogP contribution in [0.4, 0.5) is 34.1 Å². The first-order chi connectivity index (χ1) is 23.6. The Balaban J connectivity index is 1.99. The lowest BCUT2D eigenvalue weighted by Crippen LogP contribution is -2.16. The number of nitrogen functional groups attached to an aromatic ring is 2. The van der Waals surface area contributed by atoms with E-state index in [4.69, 9.17) is 20.6 Å². The first-order valence-electron chi connectivity index (χ1n) is 13.0. The van der Waals surface area contributed by atoms with Crippen LogP contribution in [0.25, 0.3) is 0 Å². The minimum atomic E-state index is -5.26. The van der Waals surface area contributed by atoms with E-state index in [-0.39, 0.29) is 10.6 Å². The maximum Gasteiger partial charge on any atom is 0.397 e. The summed E-state index contributed by atoms with van der Waals surface area (Å²) in [5.74, 6) is -1.91. The molecule has 0 fully saturated rings. The zero-order valence-electron chi connectivity index (χ0n) is 25.3. The summed E-state index contributed by atoms with van der Waals surface area (Å²) in [5, 5.41) is 14.5. The van der Waals surface area contributed by atoms with Gasteiger partial charge < -0.3 is 11.5 Å². The van der Waals surface area contributed by atoms with E-state index in [0.29, 0.717) is 6.07 Å². The average Bonchev–Trinajstić information content (AvgIpc) is 2.97. The third-order valence-electron chi connectivity index (χ3n) is 6.02. The number of hydrogen-bond donors (Lipinski definition) is 6. The van der Waals surface area contributed by atoms with Gasteiger partial charge in [0.2, 0.25) is 0 Å². The molecule has 0 aliphatic rings. The van der Waals surface area contributed by atoms with Crippen LogP contribution >= 0.6 is 0 Å². The number of nitrogens with two attached hydrogens (primary N) is 2. The van der Waals surface area contributed by atoms with E-state index in [1.54, 1.807) is 0 Å². The molecular weight excluding hydrogens is 829 g/mol. The maximum absolute atomic E-state index is 12.5. The molecule has 0 radical (unpaired) electrons. The molecule has 0 bridgehead atoms. The molecule has 0 amide bonds. The first-order valence-corrected chi connectivity index (χ1v) is 22.0. The number of benzene rings is 3. The predicted octanol–water partition coefficient (Wildman–Crippen LogP) is 1.36. The number of hydrogen-bond acceptors (Lipinski definition) is 20. The second-order valence-electron chi connectivity index (χ2n) is 9.69. The molecule has 0 atom stereocenters. The normalized spacial score (nSPS) is 13.6. The second-order valence-corrected chi connectivity index (χ2v) is 18.8. The fourth-order valence-electron chi connectivity index (χ4n) is 3.79. The smallest absolute Gasteiger partial charge is 0.397 e. The van der Waals surface area contributed by atoms with Crippen molar-refractivity contribution in [3.05, 3.63) is 48.5 Å². The fraction of sp³-hybridized carbons (Fsp3) is 0.182. The molecule has 0 heterocycles. The summed E-state index contributed by atoms with van der Waals surface area (Å²) in [4.78, 5) is -3.38. The van der Waals surface area contributed by atoms with E-state index >= 15 is 0 Å². The Bertz CT molecular complexity index is 2610. The SMILES string of the molecule is Nc1cc(N=Nc2ccc(S(=O)(=O)CCOS(=O)(=O)O)cc2)c(S(=O)(=O)O)c(N)c1N=Nc1ccc(S(=O)(=O)CCOS(=O)(=O)O)cc1S(=O)(=O)O. The van der Waals surface area contributed by atoms with Crippen molar-refractivity contribution >= 4 is 94.8 Å². The first kappa shape index (κ1) is 42.3. The number of azo groups is 2. The van der Waals surface area contributed by atoms with Crippen molar-refractivity contribution in [1.29, 1.82) is 0 Å². The van der Waals surface area contributed by atoms with Gasteiger partial charge in [0.05, 0.1) is 51.6 Å². The monoisotopic (exact) mass is 852 g/mol. The van der Waals surface area contributed by atoms with Gasteiger partial charge in [-0.25, -0.2) is 25.2 Å². The van der Waals surface area contributed by atoms with E-state index in [9.17, 15) is 59.6 Å². The van der Waals surface area contributed by atoms with Crippen LogP contribution in [0.1, 0.15) is 0 Å². The Labute approximate surface area is 295 Å². The van der Waals surface area contributed by atoms with Crippen molar-refractivity contribution in [3.8, 4) is 0 Å². The predicted molar refractivity (Wildman–Crippen MR) is 175 cm³/mol. The highest BCUT2D eigenvalue weighted by molar-refractivity contribution is 7.92. The lowest BCUT2D eigenvalue weighted by Gasteiger charge is -2.11. The number of rotatable bonds is 16. The quantitative estimate of drug-likeness (QED) is 0.0673. The van der Waals surface area contributed by atoms with Crippen LogP contribution in [0.3, 0.4) is 0 Å². The third-order valence-corrected chi connectivity index (χ3v) is 12.1. The standard InChI is InChI=1S/C22H24N6O18S6/c23-16-12-18(27-25-13-1-3-14(4-2-13)47(29,30)9-7-45-51(39,40)41)22(50(36,37)38)20(24)21(16)28-26-17-6-5-15(11-19(17)49(33,34)35)48(31,32)10-8-46-52(42,43)44/h1-6,11-12H,7-10,23-24H2,(H,33,34,35)(H,36,37,38)(H,39,40,41)(H,42,43,44). The zero-order chi connectivity index (χ0) is 39.5. The summed E-state index contributed by atoms with van der Waals surface area (Å²) >= 11 is 0. The topological polar surface area (TPSA) is 406 Å². The van der Waals surface area contributed by atoms with Crippen molar-refractivity contribution in [2.75, 3.05) is 36.2 Å². The maximum atomic E-state index is 12.5. The molecule has 0 aromatic heterocycles. The molecule has 24 nitrogen and oxygen atoms in total. The van der Waals surface area contributed by atoms with Crippen LogP contribution in [0.15, 0.2) is 88.6 Å². The van der Waals surface area contributed by atoms with E-state index < -0.39 is 129 Å². The van der Waals surface area contributed by atoms with Crippen LogP contribution in [-0.2, 0) is 69.1 Å². The minimum Gasteiger partial charge on any atom is -0.397 e. The summed E-state index contributed by atoms with van der Waals surface area (Å²) in [5.41, 5.74) is 8.20.